The van der Waals surface area contributed by atoms with Gasteiger partial charge in [0.25, 0.3) is 0 Å². The second kappa shape index (κ2) is 9.69. The van der Waals surface area contributed by atoms with Gasteiger partial charge < -0.3 is 23.5 Å². The van der Waals surface area contributed by atoms with E-state index in [-0.39, 0.29) is 11.5 Å². The van der Waals surface area contributed by atoms with E-state index in [1.165, 1.54) is 5.56 Å². The van der Waals surface area contributed by atoms with Gasteiger partial charge in [0.05, 0.1) is 41.7 Å². The maximum absolute atomic E-state index is 10.3. The largest absolute Gasteiger partial charge is 0.493 e. The Morgan fingerprint density at radius 1 is 0.640 bits per heavy atom. The molecule has 0 N–H and O–H groups in total. The van der Waals surface area contributed by atoms with E-state index in [2.05, 4.69) is 102 Å². The maximum Gasteiger partial charge on any atom is 0.189 e. The molecule has 0 bridgehead atoms. The second-order valence-electron chi connectivity index (χ2n) is 13.0. The third kappa shape index (κ3) is 3.13. The number of para-hydroxylation sites is 2. The summed E-state index contributed by atoms with van der Waals surface area (Å²) in [7, 11) is 3.35. The standard InChI is InChI=1S/C43H27N3O4/c1-22-23(2)28(21-45)41-40(27(22)20-44)49-35-17-16-34-38(42(35)50-41)25-11-9-14-31-39(25)46(34)33-15-8-7-13-30(33)43(31)29-12-6-5-10-24(29)26-18-36(47-3)37(48-4)19-32(26)43/h5-19H,1-4H3. The van der Waals surface area contributed by atoms with Crippen LogP contribution in [0.3, 0.4) is 0 Å². The van der Waals surface area contributed by atoms with Crippen molar-refractivity contribution in [1.29, 1.82) is 10.5 Å². The smallest absolute Gasteiger partial charge is 0.189 e. The Morgan fingerprint density at radius 2 is 1.30 bits per heavy atom. The van der Waals surface area contributed by atoms with Crippen LogP contribution in [0.4, 0.5) is 0 Å². The first-order valence-corrected chi connectivity index (χ1v) is 16.4. The van der Waals surface area contributed by atoms with Gasteiger partial charge in [-0.05, 0) is 88.7 Å². The van der Waals surface area contributed by atoms with Crippen LogP contribution in [-0.4, -0.2) is 18.8 Å². The lowest BCUT2D eigenvalue weighted by molar-refractivity contribution is 0.354. The second-order valence-corrected chi connectivity index (χ2v) is 13.0. The van der Waals surface area contributed by atoms with Crippen LogP contribution in [0, 0.1) is 36.5 Å². The molecule has 3 aliphatic rings. The van der Waals surface area contributed by atoms with Crippen LogP contribution in [0.2, 0.25) is 0 Å². The minimum atomic E-state index is -0.666. The van der Waals surface area contributed by atoms with E-state index in [0.717, 1.165) is 55.3 Å². The number of hydrogen-bond acceptors (Lipinski definition) is 6. The molecule has 50 heavy (non-hydrogen) atoms. The Balaban J connectivity index is 1.35. The minimum Gasteiger partial charge on any atom is -0.493 e. The van der Waals surface area contributed by atoms with Gasteiger partial charge >= 0.3 is 0 Å². The van der Waals surface area contributed by atoms with Gasteiger partial charge in [-0.25, -0.2) is 0 Å². The fourth-order valence-electron chi connectivity index (χ4n) is 8.77. The van der Waals surface area contributed by atoms with E-state index in [9.17, 15) is 10.5 Å². The summed E-state index contributed by atoms with van der Waals surface area (Å²) in [6.07, 6.45) is 0. The quantitative estimate of drug-likeness (QED) is 0.185. The van der Waals surface area contributed by atoms with Crippen molar-refractivity contribution in [2.24, 2.45) is 0 Å². The molecular formula is C43H27N3O4. The molecule has 1 unspecified atom stereocenters. The minimum absolute atomic E-state index is 0.274. The first-order chi connectivity index (χ1) is 24.5. The van der Waals surface area contributed by atoms with Gasteiger partial charge in [-0.15, -0.1) is 0 Å². The summed E-state index contributed by atoms with van der Waals surface area (Å²) < 4.78 is 27.3. The molecule has 6 aromatic carbocycles. The van der Waals surface area contributed by atoms with Gasteiger partial charge in [-0.2, -0.15) is 10.5 Å². The number of methoxy groups -OCH3 is 2. The van der Waals surface area contributed by atoms with E-state index in [1.54, 1.807) is 14.2 Å². The molecular weight excluding hydrogens is 622 g/mol. The predicted molar refractivity (Wildman–Crippen MR) is 190 cm³/mol. The van der Waals surface area contributed by atoms with Gasteiger partial charge in [0, 0.05) is 5.39 Å². The summed E-state index contributed by atoms with van der Waals surface area (Å²) in [6.45, 7) is 3.67. The zero-order valence-electron chi connectivity index (χ0n) is 27.6. The lowest BCUT2D eigenvalue weighted by Gasteiger charge is -2.39. The number of benzene rings is 6. The van der Waals surface area contributed by atoms with Gasteiger partial charge in [-0.1, -0.05) is 60.7 Å². The molecule has 0 saturated carbocycles. The van der Waals surface area contributed by atoms with Gasteiger partial charge in [0.2, 0.25) is 0 Å². The lowest BCUT2D eigenvalue weighted by Crippen LogP contribution is -2.33. The fraction of sp³-hybridized carbons (Fsp3) is 0.116. The van der Waals surface area contributed by atoms with E-state index >= 15 is 0 Å². The van der Waals surface area contributed by atoms with Gasteiger partial charge in [0.1, 0.15) is 23.3 Å². The molecule has 1 aromatic heterocycles. The number of nitriles is 2. The van der Waals surface area contributed by atoms with Gasteiger partial charge in [0.15, 0.2) is 34.5 Å². The highest BCUT2D eigenvalue weighted by molar-refractivity contribution is 6.16. The summed E-state index contributed by atoms with van der Waals surface area (Å²) in [5.41, 5.74) is 11.4. The van der Waals surface area contributed by atoms with E-state index in [0.29, 0.717) is 45.3 Å². The number of ether oxygens (including phenoxy) is 4. The Kier molecular flexibility index (Phi) is 5.49. The van der Waals surface area contributed by atoms with Crippen molar-refractivity contribution in [3.05, 3.63) is 136 Å². The molecule has 0 fully saturated rings. The SMILES string of the molecule is COc1cc2c(cc1OC)C1(c3ccccc3-2)c2ccccc2-n2c3ccc4c(c3c3cccc1c32)Oc1c(C#N)c(C)c(C)c(C#N)c1O4. The molecule has 0 saturated heterocycles. The highest BCUT2D eigenvalue weighted by atomic mass is 16.6. The van der Waals surface area contributed by atoms with Crippen LogP contribution in [0.15, 0.2) is 91.0 Å². The topological polar surface area (TPSA) is 89.4 Å². The van der Waals surface area contributed by atoms with Gasteiger partial charge in [-0.3, -0.25) is 0 Å². The van der Waals surface area contributed by atoms with Crippen molar-refractivity contribution in [1.82, 2.24) is 4.57 Å². The average molecular weight is 650 g/mol. The van der Waals surface area contributed by atoms with Crippen molar-refractivity contribution in [3.63, 3.8) is 0 Å². The van der Waals surface area contributed by atoms with Crippen LogP contribution in [0.1, 0.15) is 44.5 Å². The summed E-state index contributed by atoms with van der Waals surface area (Å²) in [4.78, 5) is 0. The van der Waals surface area contributed by atoms with Crippen molar-refractivity contribution in [3.8, 4) is 63.4 Å². The molecule has 3 heterocycles. The summed E-state index contributed by atoms with van der Waals surface area (Å²) in [5.74, 6) is 2.92. The number of nitrogens with zero attached hydrogens (tertiary/aromatic N) is 3. The molecule has 7 aromatic rings. The molecule has 2 aliphatic heterocycles. The van der Waals surface area contributed by atoms with E-state index in [1.807, 2.05) is 19.9 Å². The molecule has 1 spiro atoms. The Morgan fingerprint density at radius 3 is 2.04 bits per heavy atom. The molecule has 7 nitrogen and oxygen atoms in total. The molecule has 0 radical (unpaired) electrons. The third-order valence-corrected chi connectivity index (χ3v) is 11.0. The zero-order valence-corrected chi connectivity index (χ0v) is 27.6. The maximum atomic E-state index is 10.3. The van der Waals surface area contributed by atoms with Crippen molar-refractivity contribution >= 4 is 21.8 Å². The molecule has 0 amide bonds. The third-order valence-electron chi connectivity index (χ3n) is 11.0. The molecule has 238 valence electrons. The lowest BCUT2D eigenvalue weighted by atomic mass is 9.65. The zero-order chi connectivity index (χ0) is 34.1. The van der Waals surface area contributed by atoms with Crippen molar-refractivity contribution in [2.75, 3.05) is 14.2 Å². The molecule has 7 heteroatoms. The summed E-state index contributed by atoms with van der Waals surface area (Å²) >= 11 is 0. The molecule has 1 aliphatic carbocycles. The first kappa shape index (κ1) is 28.3. The van der Waals surface area contributed by atoms with Crippen LogP contribution in [0.5, 0.6) is 34.5 Å². The Hall–Kier alpha value is -6.70. The molecule has 1 atom stereocenters. The Labute approximate surface area is 287 Å². The number of rotatable bonds is 2. The van der Waals surface area contributed by atoms with Crippen molar-refractivity contribution in [2.45, 2.75) is 19.3 Å². The number of hydrogen-bond donors (Lipinski definition) is 0. The van der Waals surface area contributed by atoms with E-state index in [4.69, 9.17) is 18.9 Å². The summed E-state index contributed by atoms with van der Waals surface area (Å²) in [6, 6.07) is 36.5. The average Bonchev–Trinajstić information content (AvgIpc) is 3.64. The number of aromatic nitrogens is 1. The normalized spacial score (nSPS) is 15.6. The highest BCUT2D eigenvalue weighted by Crippen LogP contribution is 2.63. The first-order valence-electron chi connectivity index (χ1n) is 16.4. The van der Waals surface area contributed by atoms with E-state index < -0.39 is 5.41 Å². The van der Waals surface area contributed by atoms with Crippen LogP contribution >= 0.6 is 0 Å². The van der Waals surface area contributed by atoms with Crippen molar-refractivity contribution < 1.29 is 18.9 Å². The van der Waals surface area contributed by atoms with Crippen LogP contribution in [-0.2, 0) is 5.41 Å². The molecule has 10 rings (SSSR count). The van der Waals surface area contributed by atoms with Crippen LogP contribution in [0.25, 0.3) is 38.6 Å². The van der Waals surface area contributed by atoms with Crippen LogP contribution < -0.4 is 18.9 Å². The highest BCUT2D eigenvalue weighted by Gasteiger charge is 2.51. The monoisotopic (exact) mass is 649 g/mol. The fourth-order valence-corrected chi connectivity index (χ4v) is 8.77. The Bertz CT molecular complexity index is 2800. The summed E-state index contributed by atoms with van der Waals surface area (Å²) in [5, 5.41) is 22.2. The number of fused-ring (bicyclic) bond motifs is 15. The predicted octanol–water partition coefficient (Wildman–Crippen LogP) is 9.74.